The first-order valence-corrected chi connectivity index (χ1v) is 8.89. The van der Waals surface area contributed by atoms with Crippen molar-refractivity contribution in [1.29, 1.82) is 0 Å². The summed E-state index contributed by atoms with van der Waals surface area (Å²) in [6, 6.07) is -1.70. The molecule has 28 heavy (non-hydrogen) atoms. The molecule has 0 fully saturated rings. The van der Waals surface area contributed by atoms with E-state index >= 15 is 0 Å². The molecule has 2 unspecified atom stereocenters. The molecular weight excluding hydrogens is 372 g/mol. The van der Waals surface area contributed by atoms with E-state index in [0.29, 0.717) is 38.8 Å². The van der Waals surface area contributed by atoms with E-state index in [1.54, 1.807) is 0 Å². The zero-order valence-electron chi connectivity index (χ0n) is 15.9. The highest BCUT2D eigenvalue weighted by atomic mass is 16.6. The summed E-state index contributed by atoms with van der Waals surface area (Å²) in [6.45, 7) is 0.227. The fourth-order valence-corrected chi connectivity index (χ4v) is 1.96. The van der Waals surface area contributed by atoms with Crippen LogP contribution in [-0.4, -0.2) is 73.5 Å². The Morgan fingerprint density at radius 3 is 1.46 bits per heavy atom. The van der Waals surface area contributed by atoms with Crippen molar-refractivity contribution in [3.8, 4) is 0 Å². The molecule has 0 aromatic carbocycles. The van der Waals surface area contributed by atoms with Gasteiger partial charge in [0.2, 0.25) is 0 Å². The number of carbonyl (C=O) groups is 2. The largest absolute Gasteiger partial charge is 0.462 e. The number of hydrogen-bond donors (Lipinski definition) is 9. The summed E-state index contributed by atoms with van der Waals surface area (Å²) in [4.78, 5) is 28.9. The smallest absolute Gasteiger partial charge is 0.338 e. The van der Waals surface area contributed by atoms with E-state index in [1.165, 1.54) is 0 Å². The van der Waals surface area contributed by atoms with Gasteiger partial charge in [-0.1, -0.05) is 0 Å². The molecular formula is C15H34N8O5+2. The molecule has 13 nitrogen and oxygen atoms in total. The summed E-state index contributed by atoms with van der Waals surface area (Å²) in [7, 11) is 0. The number of nitrogens with one attached hydrogen (secondary N) is 2. The Labute approximate surface area is 163 Å². The van der Waals surface area contributed by atoms with Crippen LogP contribution in [0.5, 0.6) is 0 Å². The van der Waals surface area contributed by atoms with Crippen LogP contribution in [0.1, 0.15) is 25.7 Å². The highest BCUT2D eigenvalue weighted by Gasteiger charge is 2.19. The first-order valence-electron chi connectivity index (χ1n) is 8.89. The van der Waals surface area contributed by atoms with Crippen LogP contribution in [0.3, 0.4) is 0 Å². The minimum atomic E-state index is -1.19. The van der Waals surface area contributed by atoms with Crippen molar-refractivity contribution in [3.05, 3.63) is 0 Å². The Morgan fingerprint density at radius 2 is 1.14 bits per heavy atom. The third-order valence-electron chi connectivity index (χ3n) is 3.48. The molecule has 0 aliphatic carbocycles. The van der Waals surface area contributed by atoms with E-state index in [1.807, 2.05) is 0 Å². The van der Waals surface area contributed by atoms with Crippen molar-refractivity contribution in [2.75, 3.05) is 26.3 Å². The minimum absolute atomic E-state index is 0.0870. The van der Waals surface area contributed by atoms with Crippen LogP contribution >= 0.6 is 0 Å². The Kier molecular flexibility index (Phi) is 13.1. The molecule has 0 heterocycles. The van der Waals surface area contributed by atoms with Crippen LogP contribution in [0.4, 0.5) is 0 Å². The lowest BCUT2D eigenvalue weighted by Gasteiger charge is -2.16. The van der Waals surface area contributed by atoms with Gasteiger partial charge in [0.05, 0.1) is 13.1 Å². The van der Waals surface area contributed by atoms with Gasteiger partial charge < -0.3 is 26.0 Å². The van der Waals surface area contributed by atoms with Gasteiger partial charge in [0, 0.05) is 0 Å². The van der Waals surface area contributed by atoms with E-state index in [2.05, 4.69) is 9.98 Å². The van der Waals surface area contributed by atoms with E-state index in [9.17, 15) is 14.7 Å². The van der Waals surface area contributed by atoms with Gasteiger partial charge in [0.1, 0.15) is 31.4 Å². The van der Waals surface area contributed by atoms with Gasteiger partial charge in [-0.15, -0.1) is 0 Å². The second kappa shape index (κ2) is 14.4. The Balaban J connectivity index is 3.96. The van der Waals surface area contributed by atoms with E-state index in [-0.39, 0.29) is 25.1 Å². The highest BCUT2D eigenvalue weighted by molar-refractivity contribution is 5.76. The summed E-state index contributed by atoms with van der Waals surface area (Å²) in [6.07, 6.45) is 0.618. The maximum Gasteiger partial charge on any atom is 0.338 e. The molecule has 0 aromatic rings. The second-order valence-electron chi connectivity index (χ2n) is 6.18. The first kappa shape index (κ1) is 25.4. The van der Waals surface area contributed by atoms with Gasteiger partial charge in [-0.3, -0.25) is 42.5 Å². The van der Waals surface area contributed by atoms with E-state index in [0.717, 1.165) is 0 Å². The van der Waals surface area contributed by atoms with Crippen LogP contribution in [0, 0.1) is 0 Å². The van der Waals surface area contributed by atoms with Gasteiger partial charge in [-0.2, -0.15) is 0 Å². The van der Waals surface area contributed by atoms with Crippen molar-refractivity contribution in [1.82, 2.24) is 0 Å². The Morgan fingerprint density at radius 1 is 0.786 bits per heavy atom. The second-order valence-corrected chi connectivity index (χ2v) is 6.18. The summed E-state index contributed by atoms with van der Waals surface area (Å²) < 4.78 is 9.79. The van der Waals surface area contributed by atoms with Crippen molar-refractivity contribution in [3.63, 3.8) is 0 Å². The summed E-state index contributed by atoms with van der Waals surface area (Å²) >= 11 is 0. The number of rotatable bonds is 14. The molecule has 162 valence electrons. The van der Waals surface area contributed by atoms with E-state index < -0.39 is 30.1 Å². The summed E-state index contributed by atoms with van der Waals surface area (Å²) in [5.41, 5.74) is 32.3. The quantitative estimate of drug-likeness (QED) is 0.0566. The third kappa shape index (κ3) is 13.5. The van der Waals surface area contributed by atoms with Gasteiger partial charge in [-0.25, -0.2) is 0 Å². The molecule has 0 amide bonds. The number of esters is 2. The molecule has 0 aliphatic rings. The van der Waals surface area contributed by atoms with Gasteiger partial charge in [0.25, 0.3) is 0 Å². The number of hydrogen-bond acceptors (Lipinski definition) is 7. The molecule has 0 saturated carbocycles. The molecule has 0 spiro atoms. The van der Waals surface area contributed by atoms with Crippen LogP contribution in [0.2, 0.25) is 0 Å². The lowest BCUT2D eigenvalue weighted by Crippen LogP contribution is -2.78. The molecule has 2 atom stereocenters. The van der Waals surface area contributed by atoms with Gasteiger partial charge >= 0.3 is 23.9 Å². The number of aliphatic hydroxyl groups excluding tert-OH is 1. The maximum absolute atomic E-state index is 11.7. The van der Waals surface area contributed by atoms with Crippen LogP contribution in [0.25, 0.3) is 0 Å². The monoisotopic (exact) mass is 406 g/mol. The molecule has 0 rings (SSSR count). The Bertz CT molecular complexity index is 489. The molecule has 0 aromatic heterocycles. The fourth-order valence-electron chi connectivity index (χ4n) is 1.96. The number of carbonyl (C=O) groups excluding carboxylic acids is 2. The highest BCUT2D eigenvalue weighted by Crippen LogP contribution is 1.99. The molecule has 13 heteroatoms. The van der Waals surface area contributed by atoms with Crippen molar-refractivity contribution >= 4 is 23.9 Å². The lowest BCUT2D eigenvalue weighted by atomic mass is 10.2. The number of nitrogens with two attached hydrogens (primary N) is 6. The normalized spacial score (nSPS) is 13.7. The number of ether oxygens (including phenoxy) is 2. The molecule has 0 aliphatic heterocycles. The fraction of sp³-hybridized carbons (Fsp3) is 0.733. The van der Waals surface area contributed by atoms with Crippen LogP contribution < -0.4 is 44.4 Å². The standard InChI is InChI=1S/C15H32N8O5/c16-10(3-1-5-22-14(18)19)12(25)27-7-9(24)8-28-13(26)11(17)4-2-6-23-15(20)21/h9-11,24H,1-8,16-17H2,(H4,18,19,22)(H4,20,21,23)/p+2. The van der Waals surface area contributed by atoms with Gasteiger partial charge in [0.15, 0.2) is 0 Å². The molecule has 0 saturated heterocycles. The predicted octanol–water partition coefficient (Wildman–Crippen LogP) is -7.64. The molecule has 0 radical (unpaired) electrons. The average molecular weight is 406 g/mol. The average Bonchev–Trinajstić information content (AvgIpc) is 2.63. The number of aliphatic hydroxyl groups is 1. The zero-order valence-corrected chi connectivity index (χ0v) is 15.9. The lowest BCUT2D eigenvalue weighted by molar-refractivity contribution is -0.460. The first-order chi connectivity index (χ1) is 13.1. The Hall–Kier alpha value is -2.64. The topological polar surface area (TPSA) is 257 Å². The number of guanidine groups is 2. The van der Waals surface area contributed by atoms with Crippen LogP contribution in [0.15, 0.2) is 0 Å². The van der Waals surface area contributed by atoms with Crippen molar-refractivity contribution in [2.24, 2.45) is 34.4 Å². The van der Waals surface area contributed by atoms with Crippen LogP contribution in [-0.2, 0) is 19.1 Å². The molecule has 0 bridgehead atoms. The SMILES string of the molecule is NC(N)=[NH+]CCCC(N)C(=O)OCC(O)COC(=O)C(N)CCC[NH+]=C(N)N. The third-order valence-corrected chi connectivity index (χ3v) is 3.48. The van der Waals surface area contributed by atoms with Crippen molar-refractivity contribution < 1.29 is 34.2 Å². The molecule has 15 N–H and O–H groups in total. The maximum atomic E-state index is 11.7. The minimum Gasteiger partial charge on any atom is -0.462 e. The predicted molar refractivity (Wildman–Crippen MR) is 101 cm³/mol. The van der Waals surface area contributed by atoms with E-state index in [4.69, 9.17) is 43.9 Å². The van der Waals surface area contributed by atoms with Gasteiger partial charge in [-0.05, 0) is 25.7 Å². The van der Waals surface area contributed by atoms with Crippen molar-refractivity contribution in [2.45, 2.75) is 43.9 Å². The zero-order chi connectivity index (χ0) is 21.5. The summed E-state index contributed by atoms with van der Waals surface area (Å²) in [5.74, 6) is -1.17. The summed E-state index contributed by atoms with van der Waals surface area (Å²) in [5, 5.41) is 9.74.